The van der Waals surface area contributed by atoms with Crippen molar-refractivity contribution in [3.8, 4) is 0 Å². The van der Waals surface area contributed by atoms with Crippen molar-refractivity contribution >= 4 is 39.1 Å². The van der Waals surface area contributed by atoms with Crippen LogP contribution in [0.4, 0.5) is 5.69 Å². The third-order valence-corrected chi connectivity index (χ3v) is 10.5. The Kier molecular flexibility index (Phi) is 7.77. The third kappa shape index (κ3) is 5.58. The molecule has 10 heteroatoms. The second-order valence-corrected chi connectivity index (χ2v) is 13.3. The van der Waals surface area contributed by atoms with E-state index in [1.807, 2.05) is 30.0 Å². The average Bonchev–Trinajstić information content (AvgIpc) is 2.93. The summed E-state index contributed by atoms with van der Waals surface area (Å²) < 4.78 is 29.3. The highest BCUT2D eigenvalue weighted by molar-refractivity contribution is 7.93. The number of halogens is 1. The first-order valence-electron chi connectivity index (χ1n) is 13.5. The Labute approximate surface area is 235 Å². The molecule has 2 fully saturated rings. The molecule has 4 heterocycles. The number of sulfonamides is 1. The number of carbonyl (C=O) groups is 2. The van der Waals surface area contributed by atoms with E-state index >= 15 is 0 Å². The molecule has 1 spiro atoms. The van der Waals surface area contributed by atoms with Gasteiger partial charge >= 0.3 is 0 Å². The standard InChI is InChI=1S/C29H35ClN4O4S/c1-28-14-18-33(19-15-28)27(36)29(13-7-16-31-21-29)12-5-6-17-34(23-8-3-2-4-9-23)39(37,38)25-20-22(26(35)32-28)10-11-24(25)30/h2-6,8-11,20,31H,7,12-19,21H2,1H3,(H,32,35)/b6-5-. The molecule has 2 aromatic carbocycles. The Morgan fingerprint density at radius 3 is 2.41 bits per heavy atom. The number of fused-ring (bicyclic) bond motifs is 7. The van der Waals surface area contributed by atoms with Crippen molar-refractivity contribution in [3.63, 3.8) is 0 Å². The lowest BCUT2D eigenvalue weighted by Gasteiger charge is -2.45. The first kappa shape index (κ1) is 27.7. The van der Waals surface area contributed by atoms with E-state index in [1.165, 1.54) is 16.4 Å². The maximum absolute atomic E-state index is 14.0. The number of allylic oxidation sites excluding steroid dienone is 1. The number of hydrogen-bond donors (Lipinski definition) is 2. The molecule has 2 N–H and O–H groups in total. The normalized spacial score (nSPS) is 26.2. The lowest BCUT2D eigenvalue weighted by Crippen LogP contribution is -2.58. The maximum Gasteiger partial charge on any atom is 0.266 e. The Bertz CT molecular complexity index is 1360. The van der Waals surface area contributed by atoms with Crippen LogP contribution >= 0.6 is 11.6 Å². The number of para-hydroxylation sites is 1. The highest BCUT2D eigenvalue weighted by Gasteiger charge is 2.43. The number of anilines is 1. The quantitative estimate of drug-likeness (QED) is 0.505. The molecule has 208 valence electrons. The number of hydrogen-bond acceptors (Lipinski definition) is 5. The summed E-state index contributed by atoms with van der Waals surface area (Å²) in [6, 6.07) is 13.2. The zero-order valence-corrected chi connectivity index (χ0v) is 23.7. The van der Waals surface area contributed by atoms with E-state index < -0.39 is 21.0 Å². The SMILES string of the molecule is CC12CCN(CC1)C(=O)C1(C/C=C\CN(c3ccccc3)S(=O)(=O)c3cc(ccc3Cl)C(=O)N2)CCCNC1. The topological polar surface area (TPSA) is 98.8 Å². The molecule has 4 aliphatic rings. The van der Waals surface area contributed by atoms with Crippen LogP contribution in [0, 0.1) is 5.41 Å². The number of piperidine rings is 2. The fourth-order valence-electron chi connectivity index (χ4n) is 5.80. The van der Waals surface area contributed by atoms with Gasteiger partial charge in [0.25, 0.3) is 15.9 Å². The van der Waals surface area contributed by atoms with Crippen molar-refractivity contribution in [1.82, 2.24) is 15.5 Å². The average molecular weight is 571 g/mol. The molecule has 0 aliphatic carbocycles. The van der Waals surface area contributed by atoms with Crippen LogP contribution in [0.2, 0.25) is 5.02 Å². The van der Waals surface area contributed by atoms with Gasteiger partial charge in [0.05, 0.1) is 22.7 Å². The fraction of sp³-hybridized carbons (Fsp3) is 0.448. The van der Waals surface area contributed by atoms with Crippen molar-refractivity contribution < 1.29 is 18.0 Å². The molecular weight excluding hydrogens is 536 g/mol. The minimum atomic E-state index is -4.13. The smallest absolute Gasteiger partial charge is 0.266 e. The summed E-state index contributed by atoms with van der Waals surface area (Å²) in [6.45, 7) is 4.61. The Balaban J connectivity index is 1.59. The second kappa shape index (κ2) is 10.9. The van der Waals surface area contributed by atoms with Gasteiger partial charge in [0.2, 0.25) is 5.91 Å². The molecule has 39 heavy (non-hydrogen) atoms. The van der Waals surface area contributed by atoms with Gasteiger partial charge in [0, 0.05) is 30.7 Å². The van der Waals surface area contributed by atoms with Gasteiger partial charge in [0.15, 0.2) is 0 Å². The van der Waals surface area contributed by atoms with Crippen molar-refractivity contribution in [2.45, 2.75) is 49.5 Å². The van der Waals surface area contributed by atoms with Gasteiger partial charge in [-0.05, 0) is 75.9 Å². The van der Waals surface area contributed by atoms with Crippen molar-refractivity contribution in [2.75, 3.05) is 37.0 Å². The van der Waals surface area contributed by atoms with Crippen LogP contribution in [0.5, 0.6) is 0 Å². The highest BCUT2D eigenvalue weighted by atomic mass is 35.5. The summed E-state index contributed by atoms with van der Waals surface area (Å²) in [6.07, 6.45) is 7.17. The lowest BCUT2D eigenvalue weighted by atomic mass is 9.75. The van der Waals surface area contributed by atoms with Gasteiger partial charge in [-0.25, -0.2) is 8.42 Å². The van der Waals surface area contributed by atoms with Gasteiger partial charge in [0.1, 0.15) is 4.90 Å². The molecule has 6 rings (SSSR count). The van der Waals surface area contributed by atoms with Crippen LogP contribution < -0.4 is 14.9 Å². The van der Waals surface area contributed by atoms with Gasteiger partial charge in [-0.2, -0.15) is 0 Å². The highest BCUT2D eigenvalue weighted by Crippen LogP contribution is 2.36. The van der Waals surface area contributed by atoms with E-state index in [-0.39, 0.29) is 33.8 Å². The summed E-state index contributed by atoms with van der Waals surface area (Å²) in [4.78, 5) is 29.0. The maximum atomic E-state index is 14.0. The van der Waals surface area contributed by atoms with Gasteiger partial charge in [-0.15, -0.1) is 0 Å². The summed E-state index contributed by atoms with van der Waals surface area (Å²) in [5.74, 6) is -0.239. The minimum absolute atomic E-state index is 0.0479. The van der Waals surface area contributed by atoms with Crippen LogP contribution in [-0.2, 0) is 14.8 Å². The molecule has 0 radical (unpaired) electrons. The van der Waals surface area contributed by atoms with Gasteiger partial charge < -0.3 is 15.5 Å². The van der Waals surface area contributed by atoms with E-state index in [0.717, 1.165) is 19.4 Å². The molecule has 2 amide bonds. The van der Waals surface area contributed by atoms with Gasteiger partial charge in [-0.1, -0.05) is 42.0 Å². The number of carbonyl (C=O) groups excluding carboxylic acids is 2. The summed E-state index contributed by atoms with van der Waals surface area (Å²) in [7, 11) is -4.13. The molecule has 0 aromatic heterocycles. The molecule has 1 atom stereocenters. The van der Waals surface area contributed by atoms with Crippen LogP contribution in [0.1, 0.15) is 49.4 Å². The first-order chi connectivity index (χ1) is 18.6. The van der Waals surface area contributed by atoms with Crippen molar-refractivity contribution in [3.05, 3.63) is 71.3 Å². The fourth-order valence-corrected chi connectivity index (χ4v) is 7.72. The first-order valence-corrected chi connectivity index (χ1v) is 15.3. The molecule has 2 saturated heterocycles. The number of rotatable bonds is 1. The minimum Gasteiger partial charge on any atom is -0.347 e. The van der Waals surface area contributed by atoms with Crippen LogP contribution in [0.15, 0.2) is 65.6 Å². The molecule has 8 nitrogen and oxygen atoms in total. The van der Waals surface area contributed by atoms with E-state index in [1.54, 1.807) is 30.3 Å². The predicted octanol–water partition coefficient (Wildman–Crippen LogP) is 3.98. The number of amides is 2. The largest absolute Gasteiger partial charge is 0.347 e. The molecule has 4 bridgehead atoms. The Morgan fingerprint density at radius 1 is 0.974 bits per heavy atom. The molecule has 4 aliphatic heterocycles. The number of benzene rings is 2. The molecular formula is C29H35ClN4O4S. The third-order valence-electron chi connectivity index (χ3n) is 8.25. The van der Waals surface area contributed by atoms with Crippen LogP contribution in [-0.4, -0.2) is 63.4 Å². The number of nitrogens with zero attached hydrogens (tertiary/aromatic N) is 2. The molecule has 0 saturated carbocycles. The Hall–Kier alpha value is -2.88. The van der Waals surface area contributed by atoms with Crippen LogP contribution in [0.3, 0.4) is 0 Å². The summed E-state index contributed by atoms with van der Waals surface area (Å²) in [5.41, 5.74) is -0.397. The molecule has 2 aromatic rings. The predicted molar refractivity (Wildman–Crippen MR) is 152 cm³/mol. The Morgan fingerprint density at radius 2 is 1.72 bits per heavy atom. The van der Waals surface area contributed by atoms with Gasteiger partial charge in [-0.3, -0.25) is 13.9 Å². The second-order valence-electron chi connectivity index (χ2n) is 11.1. The van der Waals surface area contributed by atoms with Crippen LogP contribution in [0.25, 0.3) is 0 Å². The van der Waals surface area contributed by atoms with E-state index in [4.69, 9.17) is 11.6 Å². The monoisotopic (exact) mass is 570 g/mol. The zero-order valence-electron chi connectivity index (χ0n) is 22.2. The van der Waals surface area contributed by atoms with E-state index in [9.17, 15) is 18.0 Å². The summed E-state index contributed by atoms with van der Waals surface area (Å²) in [5, 5.41) is 6.56. The lowest BCUT2D eigenvalue weighted by molar-refractivity contribution is -0.144. The van der Waals surface area contributed by atoms with E-state index in [0.29, 0.717) is 44.6 Å². The number of nitrogens with one attached hydrogen (secondary N) is 2. The summed E-state index contributed by atoms with van der Waals surface area (Å²) >= 11 is 6.43. The zero-order chi connectivity index (χ0) is 27.7. The molecule has 1 unspecified atom stereocenters. The van der Waals surface area contributed by atoms with Crippen molar-refractivity contribution in [1.29, 1.82) is 0 Å². The van der Waals surface area contributed by atoms with Crippen molar-refractivity contribution in [2.24, 2.45) is 5.41 Å². The van der Waals surface area contributed by atoms with E-state index in [2.05, 4.69) is 10.6 Å².